The first-order chi connectivity index (χ1) is 15.4. The molecule has 1 saturated heterocycles. The molecule has 1 amide bonds. The average molecular weight is 458 g/mol. The Morgan fingerprint density at radius 2 is 1.97 bits per heavy atom. The van der Waals surface area contributed by atoms with Gasteiger partial charge in [-0.3, -0.25) is 14.4 Å². The summed E-state index contributed by atoms with van der Waals surface area (Å²) in [4.78, 5) is 16.9. The lowest BCUT2D eigenvalue weighted by Gasteiger charge is -2.35. The molecule has 3 aromatic rings. The number of anilines is 2. The first kappa shape index (κ1) is 22.1. The minimum Gasteiger partial charge on any atom is -0.496 e. The molecule has 1 fully saturated rings. The molecule has 1 aromatic heterocycles. The van der Waals surface area contributed by atoms with Crippen molar-refractivity contribution in [2.24, 2.45) is 7.05 Å². The normalized spacial score (nSPS) is 14.4. The van der Waals surface area contributed by atoms with E-state index in [9.17, 15) is 9.18 Å². The number of methoxy groups -OCH3 is 1. The summed E-state index contributed by atoms with van der Waals surface area (Å²) in [6.07, 6.45) is 1.57. The monoisotopic (exact) mass is 457 g/mol. The average Bonchev–Trinajstić information content (AvgIpc) is 3.12. The lowest BCUT2D eigenvalue weighted by molar-refractivity contribution is -0.117. The molecule has 0 bridgehead atoms. The van der Waals surface area contributed by atoms with Crippen molar-refractivity contribution in [3.8, 4) is 17.0 Å². The molecule has 2 heterocycles. The number of nitrogens with one attached hydrogen (secondary N) is 1. The van der Waals surface area contributed by atoms with Crippen LogP contribution in [0, 0.1) is 5.82 Å². The van der Waals surface area contributed by atoms with E-state index in [1.165, 1.54) is 12.1 Å². The third kappa shape index (κ3) is 4.87. The Balaban J connectivity index is 1.38. The van der Waals surface area contributed by atoms with E-state index in [-0.39, 0.29) is 18.3 Å². The van der Waals surface area contributed by atoms with E-state index in [4.69, 9.17) is 16.3 Å². The summed E-state index contributed by atoms with van der Waals surface area (Å²) >= 11 is 6.30. The Morgan fingerprint density at radius 1 is 1.19 bits per heavy atom. The highest BCUT2D eigenvalue weighted by Gasteiger charge is 2.20. The third-order valence-corrected chi connectivity index (χ3v) is 5.82. The highest BCUT2D eigenvalue weighted by atomic mass is 35.5. The molecule has 32 heavy (non-hydrogen) atoms. The van der Waals surface area contributed by atoms with E-state index in [0.29, 0.717) is 22.2 Å². The molecule has 0 saturated carbocycles. The predicted molar refractivity (Wildman–Crippen MR) is 124 cm³/mol. The molecule has 0 unspecified atom stereocenters. The molecule has 9 heteroatoms. The van der Waals surface area contributed by atoms with E-state index in [0.717, 1.165) is 37.4 Å². The number of amides is 1. The number of hydrogen-bond acceptors (Lipinski definition) is 5. The van der Waals surface area contributed by atoms with Gasteiger partial charge in [-0.25, -0.2) is 4.39 Å². The van der Waals surface area contributed by atoms with Crippen molar-refractivity contribution in [2.45, 2.75) is 0 Å². The molecule has 1 N–H and O–H groups in total. The van der Waals surface area contributed by atoms with Crippen molar-refractivity contribution in [3.63, 3.8) is 0 Å². The van der Waals surface area contributed by atoms with Crippen LogP contribution in [0.2, 0.25) is 5.02 Å². The summed E-state index contributed by atoms with van der Waals surface area (Å²) in [6, 6.07) is 12.0. The van der Waals surface area contributed by atoms with Gasteiger partial charge in [0.1, 0.15) is 11.6 Å². The van der Waals surface area contributed by atoms with Crippen LogP contribution in [0.3, 0.4) is 0 Å². The zero-order valence-corrected chi connectivity index (χ0v) is 18.8. The van der Waals surface area contributed by atoms with Crippen molar-refractivity contribution in [1.82, 2.24) is 14.7 Å². The van der Waals surface area contributed by atoms with Crippen LogP contribution in [0.25, 0.3) is 11.3 Å². The fourth-order valence-corrected chi connectivity index (χ4v) is 4.19. The second-order valence-corrected chi connectivity index (χ2v) is 8.08. The van der Waals surface area contributed by atoms with Gasteiger partial charge in [0.2, 0.25) is 5.91 Å². The van der Waals surface area contributed by atoms with E-state index in [1.807, 2.05) is 12.1 Å². The van der Waals surface area contributed by atoms with E-state index in [2.05, 4.69) is 20.2 Å². The minimum atomic E-state index is -0.240. The SMILES string of the molecule is COc1ccc(NC(=O)CN2CCN(c3cccc(F)c3)CC2)cc1-c1c(Cl)cnn1C. The van der Waals surface area contributed by atoms with Crippen LogP contribution in [-0.2, 0) is 11.8 Å². The van der Waals surface area contributed by atoms with Crippen molar-refractivity contribution in [3.05, 3.63) is 59.5 Å². The maximum absolute atomic E-state index is 13.5. The molecule has 2 aromatic carbocycles. The van der Waals surface area contributed by atoms with Gasteiger partial charge in [-0.1, -0.05) is 17.7 Å². The lowest BCUT2D eigenvalue weighted by Crippen LogP contribution is -2.48. The number of ether oxygens (including phenoxy) is 1. The maximum Gasteiger partial charge on any atom is 0.238 e. The second kappa shape index (κ2) is 9.58. The number of halogens is 2. The first-order valence-electron chi connectivity index (χ1n) is 10.3. The molecule has 0 atom stereocenters. The van der Waals surface area contributed by atoms with Crippen LogP contribution in [-0.4, -0.2) is 60.4 Å². The molecule has 1 aliphatic heterocycles. The first-order valence-corrected chi connectivity index (χ1v) is 10.7. The number of piperazine rings is 1. The molecule has 7 nitrogen and oxygen atoms in total. The highest BCUT2D eigenvalue weighted by molar-refractivity contribution is 6.33. The van der Waals surface area contributed by atoms with Crippen LogP contribution in [0.15, 0.2) is 48.7 Å². The third-order valence-electron chi connectivity index (χ3n) is 5.55. The van der Waals surface area contributed by atoms with Gasteiger partial charge in [-0.05, 0) is 36.4 Å². The number of aromatic nitrogens is 2. The van der Waals surface area contributed by atoms with Gasteiger partial charge in [0.25, 0.3) is 0 Å². The fourth-order valence-electron chi connectivity index (χ4n) is 3.93. The Labute approximate surface area is 191 Å². The largest absolute Gasteiger partial charge is 0.496 e. The number of nitrogens with zero attached hydrogens (tertiary/aromatic N) is 4. The standard InChI is InChI=1S/C23H25ClFN5O2/c1-28-23(20(24)14-26-28)19-13-17(6-7-21(19)32-2)27-22(31)15-29-8-10-30(11-9-29)18-5-3-4-16(25)12-18/h3-7,12-14H,8-11,15H2,1-2H3,(H,27,31). The fraction of sp³-hybridized carbons (Fsp3) is 0.304. The van der Waals surface area contributed by atoms with Crippen LogP contribution in [0.5, 0.6) is 5.75 Å². The Kier molecular flexibility index (Phi) is 6.62. The summed E-state index contributed by atoms with van der Waals surface area (Å²) in [7, 11) is 3.39. The van der Waals surface area contributed by atoms with Gasteiger partial charge < -0.3 is 15.0 Å². The number of carbonyl (C=O) groups excluding carboxylic acids is 1. The molecule has 0 aliphatic carbocycles. The van der Waals surface area contributed by atoms with Gasteiger partial charge >= 0.3 is 0 Å². The van der Waals surface area contributed by atoms with Gasteiger partial charge in [-0.15, -0.1) is 0 Å². The quantitative estimate of drug-likeness (QED) is 0.612. The second-order valence-electron chi connectivity index (χ2n) is 7.67. The van der Waals surface area contributed by atoms with Crippen LogP contribution < -0.4 is 15.0 Å². The number of rotatable bonds is 6. The van der Waals surface area contributed by atoms with Gasteiger partial charge in [0.05, 0.1) is 30.6 Å². The van der Waals surface area contributed by atoms with Crippen LogP contribution in [0.1, 0.15) is 0 Å². The number of aryl methyl sites for hydroxylation is 1. The topological polar surface area (TPSA) is 62.6 Å². The molecule has 0 radical (unpaired) electrons. The smallest absolute Gasteiger partial charge is 0.238 e. The minimum absolute atomic E-state index is 0.101. The number of carbonyl (C=O) groups is 1. The van der Waals surface area contributed by atoms with E-state index < -0.39 is 0 Å². The van der Waals surface area contributed by atoms with E-state index in [1.54, 1.807) is 43.2 Å². The Morgan fingerprint density at radius 3 is 2.62 bits per heavy atom. The molecule has 1 aliphatic rings. The number of hydrogen-bond donors (Lipinski definition) is 1. The van der Waals surface area contributed by atoms with Crippen LogP contribution in [0.4, 0.5) is 15.8 Å². The molecular formula is C23H25ClFN5O2. The zero-order chi connectivity index (χ0) is 22.7. The Hall–Kier alpha value is -3.10. The van der Waals surface area contributed by atoms with Gasteiger partial charge in [0.15, 0.2) is 0 Å². The van der Waals surface area contributed by atoms with Crippen molar-refractivity contribution >= 4 is 28.9 Å². The zero-order valence-electron chi connectivity index (χ0n) is 18.0. The van der Waals surface area contributed by atoms with Gasteiger partial charge in [-0.2, -0.15) is 5.10 Å². The summed E-state index contributed by atoms with van der Waals surface area (Å²) in [5, 5.41) is 7.64. The highest BCUT2D eigenvalue weighted by Crippen LogP contribution is 2.36. The molecular weight excluding hydrogens is 433 g/mol. The Bertz CT molecular complexity index is 1090. The summed E-state index contributed by atoms with van der Waals surface area (Å²) in [5.74, 6) is 0.300. The molecule has 0 spiro atoms. The maximum atomic E-state index is 13.5. The summed E-state index contributed by atoms with van der Waals surface area (Å²) < 4.78 is 20.6. The van der Waals surface area contributed by atoms with Crippen molar-refractivity contribution < 1.29 is 13.9 Å². The van der Waals surface area contributed by atoms with Crippen molar-refractivity contribution in [1.29, 1.82) is 0 Å². The number of benzene rings is 2. The van der Waals surface area contributed by atoms with E-state index >= 15 is 0 Å². The van der Waals surface area contributed by atoms with Gasteiger partial charge in [0, 0.05) is 50.2 Å². The van der Waals surface area contributed by atoms with Crippen LogP contribution >= 0.6 is 11.6 Å². The molecule has 168 valence electrons. The lowest BCUT2D eigenvalue weighted by atomic mass is 10.1. The summed E-state index contributed by atoms with van der Waals surface area (Å²) in [6.45, 7) is 3.21. The molecule has 4 rings (SSSR count). The van der Waals surface area contributed by atoms with Crippen molar-refractivity contribution in [2.75, 3.05) is 50.1 Å². The predicted octanol–water partition coefficient (Wildman–Crippen LogP) is 3.65. The summed E-state index contributed by atoms with van der Waals surface area (Å²) in [5.41, 5.74) is 2.99.